The van der Waals surface area contributed by atoms with Gasteiger partial charge in [0, 0.05) is 5.56 Å². The molecule has 1 aromatic carbocycles. The standard InChI is InChI=1S/C11H14ClN5/c1-11(2,3)17-10(14-15-16-17)7-5-4-6-8(13)9(7)12/h4-6H,13H2,1-3H3. The Labute approximate surface area is 105 Å². The molecule has 0 radical (unpaired) electrons. The maximum absolute atomic E-state index is 6.17. The number of hydrogen-bond acceptors (Lipinski definition) is 4. The van der Waals surface area contributed by atoms with Crippen molar-refractivity contribution in [1.29, 1.82) is 0 Å². The molecule has 6 heteroatoms. The van der Waals surface area contributed by atoms with Crippen molar-refractivity contribution in [2.24, 2.45) is 0 Å². The van der Waals surface area contributed by atoms with Crippen LogP contribution in [0.4, 0.5) is 5.69 Å². The molecule has 5 nitrogen and oxygen atoms in total. The minimum absolute atomic E-state index is 0.216. The van der Waals surface area contributed by atoms with Gasteiger partial charge >= 0.3 is 0 Å². The minimum atomic E-state index is -0.216. The summed E-state index contributed by atoms with van der Waals surface area (Å²) < 4.78 is 1.73. The van der Waals surface area contributed by atoms with Gasteiger partial charge in [0.15, 0.2) is 5.82 Å². The van der Waals surface area contributed by atoms with E-state index in [9.17, 15) is 0 Å². The molecule has 90 valence electrons. The first-order chi connectivity index (χ1) is 7.91. The van der Waals surface area contributed by atoms with Crippen LogP contribution in [-0.2, 0) is 5.54 Å². The molecule has 0 spiro atoms. The second-order valence-corrected chi connectivity index (χ2v) is 5.17. The third-order valence-corrected chi connectivity index (χ3v) is 2.80. The Balaban J connectivity index is 2.62. The van der Waals surface area contributed by atoms with Gasteiger partial charge in [0.2, 0.25) is 0 Å². The summed E-state index contributed by atoms with van der Waals surface area (Å²) in [4.78, 5) is 0. The monoisotopic (exact) mass is 251 g/mol. The van der Waals surface area contributed by atoms with E-state index in [0.29, 0.717) is 16.5 Å². The Morgan fingerprint density at radius 2 is 2.00 bits per heavy atom. The molecule has 1 aromatic heterocycles. The van der Waals surface area contributed by atoms with Crippen LogP contribution in [0.1, 0.15) is 20.8 Å². The predicted octanol–water partition coefficient (Wildman–Crippen LogP) is 2.33. The summed E-state index contributed by atoms with van der Waals surface area (Å²) in [6, 6.07) is 5.43. The number of rotatable bonds is 1. The third-order valence-electron chi connectivity index (χ3n) is 2.37. The molecule has 0 atom stereocenters. The van der Waals surface area contributed by atoms with Crippen molar-refractivity contribution in [2.45, 2.75) is 26.3 Å². The number of nitrogens with zero attached hydrogens (tertiary/aromatic N) is 4. The van der Waals surface area contributed by atoms with E-state index in [0.717, 1.165) is 5.56 Å². The van der Waals surface area contributed by atoms with Crippen molar-refractivity contribution in [3.05, 3.63) is 23.2 Å². The van der Waals surface area contributed by atoms with E-state index in [-0.39, 0.29) is 5.54 Å². The van der Waals surface area contributed by atoms with Gasteiger partial charge in [0.25, 0.3) is 0 Å². The zero-order valence-corrected chi connectivity index (χ0v) is 10.7. The second-order valence-electron chi connectivity index (χ2n) is 4.79. The quantitative estimate of drug-likeness (QED) is 0.790. The molecule has 0 bridgehead atoms. The van der Waals surface area contributed by atoms with Crippen LogP contribution in [0.15, 0.2) is 18.2 Å². The highest BCUT2D eigenvalue weighted by molar-refractivity contribution is 6.35. The van der Waals surface area contributed by atoms with Gasteiger partial charge < -0.3 is 5.73 Å². The molecule has 2 N–H and O–H groups in total. The van der Waals surface area contributed by atoms with Crippen molar-refractivity contribution in [3.63, 3.8) is 0 Å². The summed E-state index contributed by atoms with van der Waals surface area (Å²) in [5.74, 6) is 0.620. The smallest absolute Gasteiger partial charge is 0.184 e. The van der Waals surface area contributed by atoms with Gasteiger partial charge in [0.1, 0.15) is 0 Å². The molecule has 0 amide bonds. The van der Waals surface area contributed by atoms with E-state index in [1.807, 2.05) is 32.9 Å². The number of hydrogen-bond donors (Lipinski definition) is 1. The SMILES string of the molecule is CC(C)(C)n1nnnc1-c1cccc(N)c1Cl. The average Bonchev–Trinajstić information content (AvgIpc) is 2.70. The lowest BCUT2D eigenvalue weighted by Crippen LogP contribution is -2.24. The molecule has 2 aromatic rings. The first kappa shape index (κ1) is 11.9. The second kappa shape index (κ2) is 4.00. The van der Waals surface area contributed by atoms with Crippen molar-refractivity contribution in [3.8, 4) is 11.4 Å². The molecule has 1 heterocycles. The van der Waals surface area contributed by atoms with Gasteiger partial charge in [-0.25, -0.2) is 4.68 Å². The van der Waals surface area contributed by atoms with Crippen LogP contribution in [0.5, 0.6) is 0 Å². The topological polar surface area (TPSA) is 69.6 Å². The summed E-state index contributed by atoms with van der Waals surface area (Å²) in [6.45, 7) is 6.06. The van der Waals surface area contributed by atoms with Gasteiger partial charge in [-0.1, -0.05) is 17.7 Å². The molecule has 17 heavy (non-hydrogen) atoms. The number of anilines is 1. The number of tetrazole rings is 1. The van der Waals surface area contributed by atoms with E-state index < -0.39 is 0 Å². The van der Waals surface area contributed by atoms with Crippen LogP contribution in [0.3, 0.4) is 0 Å². The molecular formula is C11H14ClN5. The van der Waals surface area contributed by atoms with Gasteiger partial charge in [0.05, 0.1) is 16.2 Å². The maximum Gasteiger partial charge on any atom is 0.184 e. The Hall–Kier alpha value is -1.62. The minimum Gasteiger partial charge on any atom is -0.398 e. The summed E-state index contributed by atoms with van der Waals surface area (Å²) in [5.41, 5.74) is 6.82. The Kier molecular flexibility index (Phi) is 2.79. The van der Waals surface area contributed by atoms with E-state index in [4.69, 9.17) is 17.3 Å². The van der Waals surface area contributed by atoms with Crippen LogP contribution in [0.2, 0.25) is 5.02 Å². The molecular weight excluding hydrogens is 238 g/mol. The number of halogens is 1. The first-order valence-electron chi connectivity index (χ1n) is 5.24. The van der Waals surface area contributed by atoms with Crippen LogP contribution in [-0.4, -0.2) is 20.2 Å². The lowest BCUT2D eigenvalue weighted by molar-refractivity contribution is 0.351. The molecule has 0 saturated heterocycles. The molecule has 0 aliphatic carbocycles. The fraction of sp³-hybridized carbons (Fsp3) is 0.364. The van der Waals surface area contributed by atoms with Gasteiger partial charge in [-0.05, 0) is 43.3 Å². The van der Waals surface area contributed by atoms with E-state index in [1.165, 1.54) is 0 Å². The van der Waals surface area contributed by atoms with Crippen molar-refractivity contribution in [2.75, 3.05) is 5.73 Å². The third kappa shape index (κ3) is 2.10. The summed E-state index contributed by atoms with van der Waals surface area (Å²) in [7, 11) is 0. The van der Waals surface area contributed by atoms with Crippen LogP contribution in [0.25, 0.3) is 11.4 Å². The van der Waals surface area contributed by atoms with Gasteiger partial charge in [-0.2, -0.15) is 0 Å². The zero-order valence-electron chi connectivity index (χ0n) is 9.98. The lowest BCUT2D eigenvalue weighted by Gasteiger charge is -2.20. The highest BCUT2D eigenvalue weighted by Crippen LogP contribution is 2.32. The average molecular weight is 252 g/mol. The Morgan fingerprint density at radius 3 is 2.65 bits per heavy atom. The molecule has 0 unspecified atom stereocenters. The highest BCUT2D eigenvalue weighted by Gasteiger charge is 2.22. The van der Waals surface area contributed by atoms with Crippen LogP contribution >= 0.6 is 11.6 Å². The summed E-state index contributed by atoms with van der Waals surface area (Å²) >= 11 is 6.17. The Bertz CT molecular complexity index is 541. The van der Waals surface area contributed by atoms with Gasteiger partial charge in [-0.15, -0.1) is 5.10 Å². The van der Waals surface area contributed by atoms with E-state index in [2.05, 4.69) is 15.5 Å². The summed E-state index contributed by atoms with van der Waals surface area (Å²) in [6.07, 6.45) is 0. The first-order valence-corrected chi connectivity index (χ1v) is 5.62. The van der Waals surface area contributed by atoms with Crippen LogP contribution < -0.4 is 5.73 Å². The molecule has 0 aliphatic rings. The number of aromatic nitrogens is 4. The molecule has 2 rings (SSSR count). The number of benzene rings is 1. The van der Waals surface area contributed by atoms with Crippen molar-refractivity contribution in [1.82, 2.24) is 20.2 Å². The molecule has 0 fully saturated rings. The number of nitrogens with two attached hydrogens (primary N) is 1. The van der Waals surface area contributed by atoms with Crippen molar-refractivity contribution >= 4 is 17.3 Å². The van der Waals surface area contributed by atoms with Crippen LogP contribution in [0, 0.1) is 0 Å². The van der Waals surface area contributed by atoms with E-state index >= 15 is 0 Å². The Morgan fingerprint density at radius 1 is 1.29 bits per heavy atom. The van der Waals surface area contributed by atoms with E-state index in [1.54, 1.807) is 10.7 Å². The predicted molar refractivity (Wildman–Crippen MR) is 67.7 cm³/mol. The lowest BCUT2D eigenvalue weighted by atomic mass is 10.1. The summed E-state index contributed by atoms with van der Waals surface area (Å²) in [5, 5.41) is 12.2. The normalized spacial score (nSPS) is 11.8. The fourth-order valence-electron chi connectivity index (χ4n) is 1.53. The zero-order chi connectivity index (χ0) is 12.6. The molecule has 0 saturated carbocycles. The highest BCUT2D eigenvalue weighted by atomic mass is 35.5. The fourth-order valence-corrected chi connectivity index (χ4v) is 1.74. The van der Waals surface area contributed by atoms with Gasteiger partial charge in [-0.3, -0.25) is 0 Å². The largest absolute Gasteiger partial charge is 0.398 e. The number of nitrogen functional groups attached to an aromatic ring is 1. The maximum atomic E-state index is 6.17. The molecule has 0 aliphatic heterocycles. The van der Waals surface area contributed by atoms with Crippen molar-refractivity contribution < 1.29 is 0 Å².